The third-order valence-electron chi connectivity index (χ3n) is 5.28. The van der Waals surface area contributed by atoms with Crippen LogP contribution in [0.1, 0.15) is 37.8 Å². The number of nitrogens with two attached hydrogens (primary N) is 1. The molecule has 4 nitrogen and oxygen atoms in total. The first-order valence-corrected chi connectivity index (χ1v) is 8.95. The van der Waals surface area contributed by atoms with Crippen molar-refractivity contribution in [1.29, 1.82) is 0 Å². The van der Waals surface area contributed by atoms with Crippen molar-refractivity contribution in [2.75, 3.05) is 7.11 Å². The number of fused-ring (bicyclic) bond motifs is 1. The summed E-state index contributed by atoms with van der Waals surface area (Å²) in [4.78, 5) is 12.7. The van der Waals surface area contributed by atoms with Crippen LogP contribution in [-0.2, 0) is 5.54 Å². The summed E-state index contributed by atoms with van der Waals surface area (Å²) in [7, 11) is 1.64. The Morgan fingerprint density at radius 3 is 2.46 bits per heavy atom. The van der Waals surface area contributed by atoms with E-state index < -0.39 is 5.54 Å². The molecule has 3 aromatic rings. The molecule has 0 aliphatic rings. The van der Waals surface area contributed by atoms with E-state index in [4.69, 9.17) is 14.9 Å². The summed E-state index contributed by atoms with van der Waals surface area (Å²) in [6, 6.07) is 13.1. The molecule has 0 saturated heterocycles. The highest BCUT2D eigenvalue weighted by Crippen LogP contribution is 2.37. The van der Waals surface area contributed by atoms with Crippen molar-refractivity contribution in [2.45, 2.75) is 39.2 Å². The minimum Gasteiger partial charge on any atom is -0.496 e. The van der Waals surface area contributed by atoms with Gasteiger partial charge in [-0.25, -0.2) is 0 Å². The molecule has 136 valence electrons. The predicted molar refractivity (Wildman–Crippen MR) is 106 cm³/mol. The smallest absolute Gasteiger partial charge is 0.196 e. The lowest BCUT2D eigenvalue weighted by Crippen LogP contribution is -2.35. The molecule has 0 aliphatic heterocycles. The molecule has 1 heterocycles. The zero-order valence-corrected chi connectivity index (χ0v) is 15.8. The Bertz CT molecular complexity index is 1000. The molecule has 3 rings (SSSR count). The van der Waals surface area contributed by atoms with Crippen molar-refractivity contribution in [1.82, 2.24) is 0 Å². The molecule has 0 radical (unpaired) electrons. The molecule has 4 heteroatoms. The Labute approximate surface area is 153 Å². The predicted octanol–water partition coefficient (Wildman–Crippen LogP) is 4.75. The maximum absolute atomic E-state index is 12.7. The Kier molecular flexibility index (Phi) is 4.88. The Morgan fingerprint density at radius 1 is 1.12 bits per heavy atom. The van der Waals surface area contributed by atoms with Crippen LogP contribution in [-0.4, -0.2) is 7.11 Å². The van der Waals surface area contributed by atoms with Crippen LogP contribution < -0.4 is 15.9 Å². The Hall–Kier alpha value is -2.59. The summed E-state index contributed by atoms with van der Waals surface area (Å²) < 4.78 is 11.6. The topological polar surface area (TPSA) is 65.5 Å². The van der Waals surface area contributed by atoms with Crippen molar-refractivity contribution in [3.8, 4) is 17.1 Å². The average Bonchev–Trinajstić information content (AvgIpc) is 2.69. The maximum Gasteiger partial charge on any atom is 0.196 e. The van der Waals surface area contributed by atoms with E-state index in [0.29, 0.717) is 22.3 Å². The van der Waals surface area contributed by atoms with Gasteiger partial charge in [0.25, 0.3) is 0 Å². The van der Waals surface area contributed by atoms with E-state index in [0.717, 1.165) is 29.7 Å². The summed E-state index contributed by atoms with van der Waals surface area (Å²) >= 11 is 0. The van der Waals surface area contributed by atoms with Crippen molar-refractivity contribution >= 4 is 11.0 Å². The van der Waals surface area contributed by atoms with Crippen LogP contribution in [0.25, 0.3) is 22.3 Å². The van der Waals surface area contributed by atoms with Crippen LogP contribution in [0.5, 0.6) is 5.75 Å². The van der Waals surface area contributed by atoms with Gasteiger partial charge in [-0.05, 0) is 50.1 Å². The van der Waals surface area contributed by atoms with Crippen molar-refractivity contribution in [2.24, 2.45) is 5.73 Å². The second-order valence-electron chi connectivity index (χ2n) is 6.66. The number of methoxy groups -OCH3 is 1. The van der Waals surface area contributed by atoms with Crippen LogP contribution in [0.15, 0.2) is 51.7 Å². The normalized spacial score (nSPS) is 11.7. The van der Waals surface area contributed by atoms with Crippen molar-refractivity contribution in [3.63, 3.8) is 0 Å². The molecule has 0 aliphatic carbocycles. The summed E-state index contributed by atoms with van der Waals surface area (Å²) in [6.07, 6.45) is 1.56. The molecule has 0 amide bonds. The lowest BCUT2D eigenvalue weighted by Gasteiger charge is -2.29. The number of hydrogen-bond donors (Lipinski definition) is 1. The second-order valence-corrected chi connectivity index (χ2v) is 6.66. The zero-order chi connectivity index (χ0) is 18.9. The van der Waals surface area contributed by atoms with E-state index in [1.165, 1.54) is 0 Å². The van der Waals surface area contributed by atoms with E-state index in [9.17, 15) is 4.79 Å². The fraction of sp³-hybridized carbons (Fsp3) is 0.318. The number of ether oxygens (including phenoxy) is 1. The van der Waals surface area contributed by atoms with Gasteiger partial charge in [0, 0.05) is 22.2 Å². The Balaban J connectivity index is 2.27. The SMILES string of the molecule is CCC(N)(CC)c1cc(-c2oc3ccccc3c(=O)c2C)ccc1OC. The first-order valence-electron chi connectivity index (χ1n) is 8.95. The van der Waals surface area contributed by atoms with Crippen molar-refractivity contribution in [3.05, 3.63) is 63.8 Å². The van der Waals surface area contributed by atoms with Crippen LogP contribution in [0.2, 0.25) is 0 Å². The summed E-state index contributed by atoms with van der Waals surface area (Å²) in [6.45, 7) is 5.93. The fourth-order valence-corrected chi connectivity index (χ4v) is 3.38. The van der Waals surface area contributed by atoms with Gasteiger partial charge in [0.15, 0.2) is 5.43 Å². The second kappa shape index (κ2) is 6.96. The molecule has 2 aromatic carbocycles. The molecule has 0 spiro atoms. The van der Waals surface area contributed by atoms with E-state index >= 15 is 0 Å². The summed E-state index contributed by atoms with van der Waals surface area (Å²) in [5.41, 5.74) is 9.06. The molecule has 26 heavy (non-hydrogen) atoms. The summed E-state index contributed by atoms with van der Waals surface area (Å²) in [5, 5.41) is 0.595. The van der Waals surface area contributed by atoms with Gasteiger partial charge in [-0.2, -0.15) is 0 Å². The molecule has 0 saturated carbocycles. The fourth-order valence-electron chi connectivity index (χ4n) is 3.38. The molecule has 1 aromatic heterocycles. The minimum absolute atomic E-state index is 0.00999. The first kappa shape index (κ1) is 18.2. The van der Waals surface area contributed by atoms with Crippen LogP contribution in [0.3, 0.4) is 0 Å². The van der Waals surface area contributed by atoms with Crippen LogP contribution in [0, 0.1) is 6.92 Å². The number of para-hydroxylation sites is 1. The third kappa shape index (κ3) is 2.90. The van der Waals surface area contributed by atoms with E-state index in [2.05, 4.69) is 13.8 Å². The average molecular weight is 351 g/mol. The quantitative estimate of drug-likeness (QED) is 0.720. The molecule has 0 fully saturated rings. The van der Waals surface area contributed by atoms with E-state index in [1.54, 1.807) is 20.1 Å². The van der Waals surface area contributed by atoms with Gasteiger partial charge < -0.3 is 14.9 Å². The third-order valence-corrected chi connectivity index (χ3v) is 5.28. The lowest BCUT2D eigenvalue weighted by molar-refractivity contribution is 0.362. The lowest BCUT2D eigenvalue weighted by atomic mass is 9.84. The Morgan fingerprint density at radius 2 is 1.81 bits per heavy atom. The molecule has 0 unspecified atom stereocenters. The molecular weight excluding hydrogens is 326 g/mol. The highest BCUT2D eigenvalue weighted by Gasteiger charge is 2.27. The van der Waals surface area contributed by atoms with E-state index in [-0.39, 0.29) is 5.43 Å². The van der Waals surface area contributed by atoms with E-state index in [1.807, 2.05) is 36.4 Å². The van der Waals surface area contributed by atoms with Gasteiger partial charge in [-0.1, -0.05) is 26.0 Å². The molecule has 0 bridgehead atoms. The highest BCUT2D eigenvalue weighted by atomic mass is 16.5. The van der Waals surface area contributed by atoms with Gasteiger partial charge >= 0.3 is 0 Å². The van der Waals surface area contributed by atoms with Crippen LogP contribution >= 0.6 is 0 Å². The molecular formula is C22H25NO3. The number of rotatable bonds is 5. The largest absolute Gasteiger partial charge is 0.496 e. The first-order chi connectivity index (χ1) is 12.4. The number of hydrogen-bond acceptors (Lipinski definition) is 4. The highest BCUT2D eigenvalue weighted by molar-refractivity contribution is 5.80. The maximum atomic E-state index is 12.7. The minimum atomic E-state index is -0.494. The zero-order valence-electron chi connectivity index (χ0n) is 15.8. The number of benzene rings is 2. The monoisotopic (exact) mass is 351 g/mol. The van der Waals surface area contributed by atoms with Gasteiger partial charge in [0.1, 0.15) is 17.1 Å². The van der Waals surface area contributed by atoms with Gasteiger partial charge in [-0.3, -0.25) is 4.79 Å². The van der Waals surface area contributed by atoms with Gasteiger partial charge in [0.2, 0.25) is 0 Å². The molecule has 2 N–H and O–H groups in total. The van der Waals surface area contributed by atoms with Crippen molar-refractivity contribution < 1.29 is 9.15 Å². The molecule has 0 atom stereocenters. The van der Waals surface area contributed by atoms with Gasteiger partial charge in [-0.15, -0.1) is 0 Å². The van der Waals surface area contributed by atoms with Gasteiger partial charge in [0.05, 0.1) is 12.5 Å². The van der Waals surface area contributed by atoms with Crippen LogP contribution in [0.4, 0.5) is 0 Å². The standard InChI is InChI=1S/C22H25NO3/c1-5-22(23,6-2)17-13-15(11-12-19(17)25-4)21-14(3)20(24)16-9-7-8-10-18(16)26-21/h7-13H,5-6,23H2,1-4H3. The summed E-state index contributed by atoms with van der Waals surface area (Å²) in [5.74, 6) is 1.33.